The second kappa shape index (κ2) is 7.88. The van der Waals surface area contributed by atoms with Gasteiger partial charge in [0.05, 0.1) is 17.9 Å². The molecule has 0 aliphatic carbocycles. The van der Waals surface area contributed by atoms with Crippen molar-refractivity contribution in [1.29, 1.82) is 0 Å². The van der Waals surface area contributed by atoms with E-state index in [4.69, 9.17) is 4.74 Å². The summed E-state index contributed by atoms with van der Waals surface area (Å²) in [5.74, 6) is -0.497. The number of pyridine rings is 1. The number of benzene rings is 2. The van der Waals surface area contributed by atoms with Gasteiger partial charge in [-0.1, -0.05) is 36.4 Å². The number of nitrogens with zero attached hydrogens (tertiary/aromatic N) is 2. The summed E-state index contributed by atoms with van der Waals surface area (Å²) in [5.41, 5.74) is 2.62. The Hall–Kier alpha value is -3.47. The molecule has 5 heteroatoms. The minimum Gasteiger partial charge on any atom is -0.545 e. The van der Waals surface area contributed by atoms with Crippen LogP contribution in [-0.2, 0) is 6.61 Å². The van der Waals surface area contributed by atoms with Crippen LogP contribution in [0.1, 0.15) is 21.5 Å². The first kappa shape index (κ1) is 16.4. The van der Waals surface area contributed by atoms with Crippen molar-refractivity contribution in [3.63, 3.8) is 0 Å². The fourth-order valence-corrected chi connectivity index (χ4v) is 2.19. The number of rotatable bonds is 6. The Morgan fingerprint density at radius 2 is 1.88 bits per heavy atom. The molecule has 0 fully saturated rings. The van der Waals surface area contributed by atoms with E-state index in [2.05, 4.69) is 9.98 Å². The minimum absolute atomic E-state index is 0.146. The van der Waals surface area contributed by atoms with Crippen LogP contribution in [-0.4, -0.2) is 17.2 Å². The first-order chi connectivity index (χ1) is 12.2. The van der Waals surface area contributed by atoms with Gasteiger partial charge in [0, 0.05) is 18.0 Å². The Labute approximate surface area is 145 Å². The van der Waals surface area contributed by atoms with Gasteiger partial charge < -0.3 is 14.6 Å². The maximum atomic E-state index is 10.8. The Balaban J connectivity index is 1.70. The third kappa shape index (κ3) is 4.51. The van der Waals surface area contributed by atoms with Gasteiger partial charge in [-0.3, -0.25) is 9.98 Å². The lowest BCUT2D eigenvalue weighted by Crippen LogP contribution is -2.22. The van der Waals surface area contributed by atoms with Crippen molar-refractivity contribution < 1.29 is 14.6 Å². The van der Waals surface area contributed by atoms with E-state index >= 15 is 0 Å². The molecule has 124 valence electrons. The highest BCUT2D eigenvalue weighted by atomic mass is 16.5. The molecule has 0 unspecified atom stereocenters. The van der Waals surface area contributed by atoms with Crippen LogP contribution in [0.3, 0.4) is 0 Å². The molecule has 3 rings (SSSR count). The smallest absolute Gasteiger partial charge is 0.128 e. The van der Waals surface area contributed by atoms with Crippen LogP contribution < -0.4 is 9.84 Å². The summed E-state index contributed by atoms with van der Waals surface area (Å²) in [7, 11) is 0. The van der Waals surface area contributed by atoms with E-state index in [1.807, 2.05) is 36.4 Å². The maximum Gasteiger partial charge on any atom is 0.128 e. The zero-order valence-corrected chi connectivity index (χ0v) is 13.3. The molecule has 1 heterocycles. The molecule has 1 aromatic heterocycles. The highest BCUT2D eigenvalue weighted by Gasteiger charge is 2.02. The van der Waals surface area contributed by atoms with Gasteiger partial charge in [-0.05, 0) is 35.4 Å². The van der Waals surface area contributed by atoms with Crippen molar-refractivity contribution in [2.24, 2.45) is 4.99 Å². The maximum absolute atomic E-state index is 10.8. The summed E-state index contributed by atoms with van der Waals surface area (Å²) in [4.78, 5) is 19.2. The van der Waals surface area contributed by atoms with Gasteiger partial charge in [0.2, 0.25) is 0 Å². The van der Waals surface area contributed by atoms with Crippen LogP contribution in [0.2, 0.25) is 0 Å². The molecule has 0 bridgehead atoms. The lowest BCUT2D eigenvalue weighted by molar-refractivity contribution is -0.255. The first-order valence-corrected chi connectivity index (χ1v) is 7.68. The van der Waals surface area contributed by atoms with Gasteiger partial charge in [0.1, 0.15) is 12.4 Å². The van der Waals surface area contributed by atoms with Gasteiger partial charge in [-0.25, -0.2) is 0 Å². The number of carboxylic acids is 1. The number of aromatic nitrogens is 1. The number of para-hydroxylation sites is 1. The Morgan fingerprint density at radius 1 is 1.08 bits per heavy atom. The summed E-state index contributed by atoms with van der Waals surface area (Å²) in [5, 5.41) is 10.8. The molecule has 0 saturated heterocycles. The molecule has 3 aromatic rings. The summed E-state index contributed by atoms with van der Waals surface area (Å²) in [6.45, 7) is 0.324. The third-order valence-corrected chi connectivity index (χ3v) is 3.50. The SMILES string of the molecule is O=C([O-])c1ccc(COc2ccccc2C=Nc2cccnc2)cc1. The lowest BCUT2D eigenvalue weighted by Gasteiger charge is -2.10. The number of carbonyl (C=O) groups is 1. The lowest BCUT2D eigenvalue weighted by atomic mass is 10.1. The molecule has 2 aromatic carbocycles. The van der Waals surface area contributed by atoms with E-state index in [0.717, 1.165) is 16.8 Å². The highest BCUT2D eigenvalue weighted by molar-refractivity contribution is 5.86. The summed E-state index contributed by atoms with van der Waals surface area (Å²) >= 11 is 0. The Morgan fingerprint density at radius 3 is 2.60 bits per heavy atom. The number of aromatic carboxylic acids is 1. The van der Waals surface area contributed by atoms with Gasteiger partial charge in [0.25, 0.3) is 0 Å². The number of hydrogen-bond donors (Lipinski definition) is 0. The van der Waals surface area contributed by atoms with Crippen molar-refractivity contribution in [1.82, 2.24) is 4.98 Å². The molecule has 5 nitrogen and oxygen atoms in total. The van der Waals surface area contributed by atoms with Crippen LogP contribution in [0.15, 0.2) is 78.0 Å². The third-order valence-electron chi connectivity index (χ3n) is 3.50. The molecular weight excluding hydrogens is 316 g/mol. The molecule has 25 heavy (non-hydrogen) atoms. The molecule has 0 spiro atoms. The molecule has 0 amide bonds. The molecule has 0 atom stereocenters. The van der Waals surface area contributed by atoms with E-state index in [1.54, 1.807) is 30.7 Å². The van der Waals surface area contributed by atoms with Crippen molar-refractivity contribution in [2.75, 3.05) is 0 Å². The predicted octanol–water partition coefficient (Wildman–Crippen LogP) is 2.77. The normalized spacial score (nSPS) is 10.7. The van der Waals surface area contributed by atoms with Gasteiger partial charge in [-0.15, -0.1) is 0 Å². The van der Waals surface area contributed by atoms with Crippen molar-refractivity contribution in [3.05, 3.63) is 89.7 Å². The molecule has 0 radical (unpaired) electrons. The van der Waals surface area contributed by atoms with E-state index in [0.29, 0.717) is 12.4 Å². The van der Waals surface area contributed by atoms with Crippen molar-refractivity contribution in [2.45, 2.75) is 6.61 Å². The summed E-state index contributed by atoms with van der Waals surface area (Å²) < 4.78 is 5.84. The quantitative estimate of drug-likeness (QED) is 0.651. The number of ether oxygens (including phenoxy) is 1. The average molecular weight is 331 g/mol. The van der Waals surface area contributed by atoms with Crippen LogP contribution in [0, 0.1) is 0 Å². The Bertz CT molecular complexity index is 875. The van der Waals surface area contributed by atoms with Crippen LogP contribution in [0.4, 0.5) is 5.69 Å². The van der Waals surface area contributed by atoms with Gasteiger partial charge in [-0.2, -0.15) is 0 Å². The molecule has 0 saturated carbocycles. The fourth-order valence-electron chi connectivity index (χ4n) is 2.19. The standard InChI is InChI=1S/C20H16N2O3/c23-20(24)16-9-7-15(8-10-16)14-25-19-6-2-1-4-17(19)12-22-18-5-3-11-21-13-18/h1-13H,14H2,(H,23,24)/p-1. The zero-order valence-electron chi connectivity index (χ0n) is 13.3. The summed E-state index contributed by atoms with van der Waals surface area (Å²) in [6, 6.07) is 17.7. The van der Waals surface area contributed by atoms with Gasteiger partial charge in [0.15, 0.2) is 0 Å². The Kier molecular flexibility index (Phi) is 5.16. The largest absolute Gasteiger partial charge is 0.545 e. The van der Waals surface area contributed by atoms with Crippen molar-refractivity contribution >= 4 is 17.9 Å². The molecule has 0 N–H and O–H groups in total. The van der Waals surface area contributed by atoms with E-state index in [9.17, 15) is 9.90 Å². The van der Waals surface area contributed by atoms with E-state index in [-0.39, 0.29) is 5.56 Å². The first-order valence-electron chi connectivity index (χ1n) is 7.68. The summed E-state index contributed by atoms with van der Waals surface area (Å²) in [6.07, 6.45) is 5.10. The second-order valence-corrected chi connectivity index (χ2v) is 5.28. The molecular formula is C20H15N2O3-. The molecule has 0 aliphatic heterocycles. The number of carboxylic acid groups (broad SMARTS) is 1. The van der Waals surface area contributed by atoms with E-state index in [1.165, 1.54) is 12.1 Å². The second-order valence-electron chi connectivity index (χ2n) is 5.28. The van der Waals surface area contributed by atoms with Crippen LogP contribution >= 0.6 is 0 Å². The highest BCUT2D eigenvalue weighted by Crippen LogP contribution is 2.19. The zero-order chi connectivity index (χ0) is 17.5. The topological polar surface area (TPSA) is 74.6 Å². The monoisotopic (exact) mass is 331 g/mol. The molecule has 0 aliphatic rings. The van der Waals surface area contributed by atoms with E-state index < -0.39 is 5.97 Å². The predicted molar refractivity (Wildman–Crippen MR) is 93.0 cm³/mol. The fraction of sp³-hybridized carbons (Fsp3) is 0.0500. The number of carbonyl (C=O) groups excluding carboxylic acids is 1. The van der Waals surface area contributed by atoms with Crippen LogP contribution in [0.5, 0.6) is 5.75 Å². The van der Waals surface area contributed by atoms with Crippen molar-refractivity contribution in [3.8, 4) is 5.75 Å². The van der Waals surface area contributed by atoms with Gasteiger partial charge >= 0.3 is 0 Å². The average Bonchev–Trinajstić information content (AvgIpc) is 2.66. The number of aliphatic imine (C=N–C) groups is 1. The van der Waals surface area contributed by atoms with Crippen LogP contribution in [0.25, 0.3) is 0 Å². The number of hydrogen-bond acceptors (Lipinski definition) is 5. The minimum atomic E-state index is -1.19.